The lowest BCUT2D eigenvalue weighted by atomic mass is 10.1. The highest BCUT2D eigenvalue weighted by Gasteiger charge is 2.22. The lowest BCUT2D eigenvalue weighted by Gasteiger charge is -2.10. The summed E-state index contributed by atoms with van der Waals surface area (Å²) in [6.45, 7) is 0. The molecule has 1 saturated carbocycles. The number of benzene rings is 1. The van der Waals surface area contributed by atoms with Crippen LogP contribution >= 0.6 is 34.7 Å². The Kier molecular flexibility index (Phi) is 5.11. The molecule has 0 amide bonds. The number of hydrogen-bond acceptors (Lipinski definition) is 7. The molecular formula is C19H17ClN6OS2. The maximum atomic E-state index is 12.8. The van der Waals surface area contributed by atoms with Crippen molar-refractivity contribution >= 4 is 44.9 Å². The van der Waals surface area contributed by atoms with Gasteiger partial charge in [0, 0.05) is 16.0 Å². The van der Waals surface area contributed by atoms with Crippen LogP contribution in [0.3, 0.4) is 0 Å². The molecular weight excluding hydrogens is 428 g/mol. The summed E-state index contributed by atoms with van der Waals surface area (Å²) < 4.78 is 1.91. The monoisotopic (exact) mass is 444 g/mol. The van der Waals surface area contributed by atoms with E-state index in [2.05, 4.69) is 25.5 Å². The van der Waals surface area contributed by atoms with Crippen molar-refractivity contribution in [2.45, 2.75) is 42.6 Å². The highest BCUT2D eigenvalue weighted by atomic mass is 35.5. The second-order valence-corrected chi connectivity index (χ2v) is 9.22. The van der Waals surface area contributed by atoms with E-state index >= 15 is 0 Å². The fraction of sp³-hybridized carbons (Fsp3) is 0.316. The molecule has 29 heavy (non-hydrogen) atoms. The maximum Gasteiger partial charge on any atom is 0.260 e. The average Bonchev–Trinajstić information content (AvgIpc) is 3.47. The van der Waals surface area contributed by atoms with Crippen LogP contribution in [0.1, 0.15) is 37.5 Å². The quantitative estimate of drug-likeness (QED) is 0.449. The molecule has 1 aliphatic rings. The van der Waals surface area contributed by atoms with Crippen LogP contribution in [0.2, 0.25) is 5.02 Å². The Balaban J connectivity index is 1.40. The number of thioether (sulfide) groups is 1. The van der Waals surface area contributed by atoms with E-state index in [-0.39, 0.29) is 5.56 Å². The van der Waals surface area contributed by atoms with Crippen LogP contribution in [0.5, 0.6) is 0 Å². The topological polar surface area (TPSA) is 89.4 Å². The van der Waals surface area contributed by atoms with Crippen molar-refractivity contribution in [3.05, 3.63) is 50.8 Å². The predicted molar refractivity (Wildman–Crippen MR) is 116 cm³/mol. The number of hydrogen-bond donors (Lipinski definition) is 1. The number of nitrogens with zero attached hydrogens (tertiary/aromatic N) is 5. The van der Waals surface area contributed by atoms with E-state index in [4.69, 9.17) is 11.6 Å². The van der Waals surface area contributed by atoms with Gasteiger partial charge in [-0.15, -0.1) is 16.4 Å². The van der Waals surface area contributed by atoms with Gasteiger partial charge in [-0.25, -0.2) is 9.67 Å². The van der Waals surface area contributed by atoms with Gasteiger partial charge in [0.1, 0.15) is 10.7 Å². The van der Waals surface area contributed by atoms with Crippen molar-refractivity contribution in [2.24, 2.45) is 0 Å². The molecule has 1 N–H and O–H groups in total. The third-order valence-electron chi connectivity index (χ3n) is 5.12. The first-order valence-corrected chi connectivity index (χ1v) is 11.6. The minimum absolute atomic E-state index is 0.132. The van der Waals surface area contributed by atoms with Gasteiger partial charge < -0.3 is 4.98 Å². The summed E-state index contributed by atoms with van der Waals surface area (Å²) in [5.41, 5.74) is 1.69. The predicted octanol–water partition coefficient (Wildman–Crippen LogP) is 4.70. The number of thiophene rings is 1. The third-order valence-corrected chi connectivity index (χ3v) is 7.19. The van der Waals surface area contributed by atoms with E-state index in [0.717, 1.165) is 34.0 Å². The minimum atomic E-state index is -0.132. The van der Waals surface area contributed by atoms with Crippen molar-refractivity contribution in [3.63, 3.8) is 0 Å². The molecule has 0 atom stereocenters. The largest absolute Gasteiger partial charge is 0.309 e. The number of halogens is 1. The highest BCUT2D eigenvalue weighted by molar-refractivity contribution is 7.98. The summed E-state index contributed by atoms with van der Waals surface area (Å²) in [5, 5.41) is 16.2. The third kappa shape index (κ3) is 3.70. The molecule has 1 fully saturated rings. The van der Waals surface area contributed by atoms with Crippen LogP contribution in [0, 0.1) is 0 Å². The zero-order chi connectivity index (χ0) is 19.8. The number of H-pyrrole nitrogens is 1. The summed E-state index contributed by atoms with van der Waals surface area (Å²) in [6, 6.07) is 7.84. The second kappa shape index (κ2) is 7.89. The van der Waals surface area contributed by atoms with Gasteiger partial charge in [0.25, 0.3) is 5.56 Å². The van der Waals surface area contributed by atoms with Crippen molar-refractivity contribution < 1.29 is 0 Å². The average molecular weight is 445 g/mol. The van der Waals surface area contributed by atoms with Gasteiger partial charge in [-0.05, 0) is 41.0 Å². The first-order valence-electron chi connectivity index (χ1n) is 9.36. The molecule has 1 aliphatic carbocycles. The van der Waals surface area contributed by atoms with Crippen LogP contribution in [-0.4, -0.2) is 30.2 Å². The van der Waals surface area contributed by atoms with Gasteiger partial charge in [-0.3, -0.25) is 4.79 Å². The van der Waals surface area contributed by atoms with Crippen LogP contribution < -0.4 is 5.56 Å². The van der Waals surface area contributed by atoms with Crippen LogP contribution in [0.15, 0.2) is 39.6 Å². The summed E-state index contributed by atoms with van der Waals surface area (Å²) in [4.78, 5) is 21.1. The molecule has 10 heteroatoms. The summed E-state index contributed by atoms with van der Waals surface area (Å²) in [5.74, 6) is 1.13. The Morgan fingerprint density at radius 3 is 2.83 bits per heavy atom. The van der Waals surface area contributed by atoms with Crippen molar-refractivity contribution in [1.82, 2.24) is 30.2 Å². The number of tetrazole rings is 1. The molecule has 0 unspecified atom stereocenters. The molecule has 3 aromatic heterocycles. The number of nitrogens with one attached hydrogen (secondary N) is 1. The first-order chi connectivity index (χ1) is 14.2. The van der Waals surface area contributed by atoms with E-state index < -0.39 is 0 Å². The van der Waals surface area contributed by atoms with Gasteiger partial charge in [0.15, 0.2) is 0 Å². The number of fused-ring (bicyclic) bond motifs is 1. The first kappa shape index (κ1) is 18.8. The minimum Gasteiger partial charge on any atom is -0.309 e. The molecule has 4 aromatic rings. The van der Waals surface area contributed by atoms with E-state index in [0.29, 0.717) is 28.0 Å². The van der Waals surface area contributed by atoms with E-state index in [9.17, 15) is 4.79 Å². The fourth-order valence-corrected chi connectivity index (χ4v) is 5.60. The second-order valence-electron chi connectivity index (χ2n) is 6.98. The number of aromatic amines is 1. The van der Waals surface area contributed by atoms with Gasteiger partial charge in [-0.2, -0.15) is 0 Å². The number of aromatic nitrogens is 6. The molecule has 0 spiro atoms. The van der Waals surface area contributed by atoms with Crippen molar-refractivity contribution in [2.75, 3.05) is 0 Å². The Hall–Kier alpha value is -2.23. The molecule has 0 saturated heterocycles. The zero-order valence-corrected chi connectivity index (χ0v) is 17.7. The van der Waals surface area contributed by atoms with Crippen LogP contribution in [0.25, 0.3) is 21.3 Å². The van der Waals surface area contributed by atoms with E-state index in [1.165, 1.54) is 35.9 Å². The molecule has 0 aliphatic heterocycles. The van der Waals surface area contributed by atoms with Gasteiger partial charge in [0.2, 0.25) is 5.16 Å². The van der Waals surface area contributed by atoms with Gasteiger partial charge >= 0.3 is 0 Å². The highest BCUT2D eigenvalue weighted by Crippen LogP contribution is 2.33. The van der Waals surface area contributed by atoms with E-state index in [1.807, 2.05) is 34.3 Å². The van der Waals surface area contributed by atoms with Crippen LogP contribution in [-0.2, 0) is 5.75 Å². The van der Waals surface area contributed by atoms with Crippen molar-refractivity contribution in [3.8, 4) is 11.1 Å². The molecule has 148 valence electrons. The summed E-state index contributed by atoms with van der Waals surface area (Å²) in [7, 11) is 0. The fourth-order valence-electron chi connectivity index (χ4n) is 3.70. The molecule has 0 bridgehead atoms. The smallest absolute Gasteiger partial charge is 0.260 e. The van der Waals surface area contributed by atoms with Gasteiger partial charge in [0.05, 0.1) is 17.2 Å². The van der Waals surface area contributed by atoms with Crippen LogP contribution in [0.4, 0.5) is 0 Å². The summed E-state index contributed by atoms with van der Waals surface area (Å²) >= 11 is 8.95. The van der Waals surface area contributed by atoms with Crippen molar-refractivity contribution in [1.29, 1.82) is 0 Å². The summed E-state index contributed by atoms with van der Waals surface area (Å²) in [6.07, 6.45) is 4.66. The lowest BCUT2D eigenvalue weighted by molar-refractivity contribution is 0.423. The van der Waals surface area contributed by atoms with Gasteiger partial charge in [-0.1, -0.05) is 48.3 Å². The Morgan fingerprint density at radius 2 is 2.03 bits per heavy atom. The Labute approximate surface area is 179 Å². The Bertz CT molecular complexity index is 1210. The molecule has 5 rings (SSSR count). The van der Waals surface area contributed by atoms with E-state index in [1.54, 1.807) is 0 Å². The standard InChI is InChI=1S/C19H17ClN6OS2/c20-12-7-5-11(6-8-12)14-9-28-18-16(14)17(27)21-15(22-18)10-29-19-23-24-25-26(19)13-3-1-2-4-13/h5-9,13H,1-4,10H2,(H,21,22,27). The number of rotatable bonds is 5. The Morgan fingerprint density at radius 1 is 1.24 bits per heavy atom. The lowest BCUT2D eigenvalue weighted by Crippen LogP contribution is -2.11. The molecule has 3 heterocycles. The molecule has 7 nitrogen and oxygen atoms in total. The zero-order valence-electron chi connectivity index (χ0n) is 15.3. The molecule has 1 aromatic carbocycles. The SMILES string of the molecule is O=c1[nH]c(CSc2nnnn2C2CCCC2)nc2scc(-c3ccc(Cl)cc3)c12. The maximum absolute atomic E-state index is 12.8. The normalized spacial score (nSPS) is 14.8. The molecule has 0 radical (unpaired) electrons.